The van der Waals surface area contributed by atoms with E-state index in [1.54, 1.807) is 0 Å². The Labute approximate surface area is 142 Å². The van der Waals surface area contributed by atoms with Crippen molar-refractivity contribution in [3.8, 4) is 0 Å². The Morgan fingerprint density at radius 2 is 2.12 bits per heavy atom. The van der Waals surface area contributed by atoms with Crippen LogP contribution >= 0.6 is 11.6 Å². The molecule has 24 heavy (non-hydrogen) atoms. The van der Waals surface area contributed by atoms with Crippen molar-refractivity contribution in [3.05, 3.63) is 34.9 Å². The molecule has 2 rings (SSSR count). The van der Waals surface area contributed by atoms with Gasteiger partial charge in [0.15, 0.2) is 0 Å². The van der Waals surface area contributed by atoms with Crippen molar-refractivity contribution < 1.29 is 23.1 Å². The molecular formula is C16H18ClF3N2O2. The van der Waals surface area contributed by atoms with Crippen molar-refractivity contribution in [2.45, 2.75) is 45.0 Å². The van der Waals surface area contributed by atoms with E-state index < -0.39 is 24.2 Å². The second-order valence-corrected chi connectivity index (χ2v) is 6.65. The fourth-order valence-corrected chi connectivity index (χ4v) is 2.58. The van der Waals surface area contributed by atoms with Gasteiger partial charge < -0.3 is 5.11 Å². The SMILES string of the molecule is CC(C)CCC1=NN(C(=O)c2cccc(Cl)c2)[C@](O)(C(F)(F)F)C1. The van der Waals surface area contributed by atoms with Crippen LogP contribution in [0.2, 0.25) is 5.02 Å². The first-order valence-electron chi connectivity index (χ1n) is 7.50. The molecule has 0 radical (unpaired) electrons. The fraction of sp³-hybridized carbons (Fsp3) is 0.500. The molecule has 0 unspecified atom stereocenters. The molecule has 8 heteroatoms. The van der Waals surface area contributed by atoms with Gasteiger partial charge in [-0.15, -0.1) is 0 Å². The Hall–Kier alpha value is -1.60. The standard InChI is InChI=1S/C16H18ClF3N2O2/c1-10(2)6-7-13-9-15(24,16(18,19)20)22(21-13)14(23)11-4-3-5-12(17)8-11/h3-5,8,10,24H,6-7,9H2,1-2H3/t15-/m1/s1. The number of rotatable bonds is 4. The lowest BCUT2D eigenvalue weighted by molar-refractivity contribution is -0.297. The van der Waals surface area contributed by atoms with Crippen LogP contribution in [0.1, 0.15) is 43.5 Å². The minimum atomic E-state index is -5.02. The van der Waals surface area contributed by atoms with Crippen molar-refractivity contribution in [1.29, 1.82) is 0 Å². The van der Waals surface area contributed by atoms with Gasteiger partial charge in [-0.2, -0.15) is 23.3 Å². The van der Waals surface area contributed by atoms with Crippen molar-refractivity contribution in [3.63, 3.8) is 0 Å². The highest BCUT2D eigenvalue weighted by Gasteiger charge is 2.63. The summed E-state index contributed by atoms with van der Waals surface area (Å²) in [7, 11) is 0. The van der Waals surface area contributed by atoms with Gasteiger partial charge in [0.1, 0.15) is 0 Å². The number of alkyl halides is 3. The number of benzene rings is 1. The first-order chi connectivity index (χ1) is 11.0. The number of hydrogen-bond acceptors (Lipinski definition) is 3. The number of hydrazone groups is 1. The first kappa shape index (κ1) is 18.7. The highest BCUT2D eigenvalue weighted by Crippen LogP contribution is 2.41. The molecule has 0 fully saturated rings. The monoisotopic (exact) mass is 362 g/mol. The zero-order chi connectivity index (χ0) is 18.1. The Bertz CT molecular complexity index is 661. The summed E-state index contributed by atoms with van der Waals surface area (Å²) in [6.45, 7) is 3.86. The Morgan fingerprint density at radius 3 is 2.67 bits per heavy atom. The van der Waals surface area contributed by atoms with Gasteiger partial charge in [-0.3, -0.25) is 4.79 Å². The van der Waals surface area contributed by atoms with E-state index in [9.17, 15) is 23.1 Å². The summed E-state index contributed by atoms with van der Waals surface area (Å²) < 4.78 is 40.1. The fourth-order valence-electron chi connectivity index (χ4n) is 2.39. The number of amides is 1. The summed E-state index contributed by atoms with van der Waals surface area (Å²) in [5.74, 6) is -0.777. The van der Waals surface area contributed by atoms with E-state index in [1.165, 1.54) is 24.3 Å². The predicted molar refractivity (Wildman–Crippen MR) is 84.8 cm³/mol. The second kappa shape index (κ2) is 6.72. The maximum absolute atomic E-state index is 13.4. The Kier molecular flexibility index (Phi) is 5.25. The van der Waals surface area contributed by atoms with Gasteiger partial charge in [-0.25, -0.2) is 0 Å². The normalized spacial score (nSPS) is 21.3. The molecule has 0 aromatic heterocycles. The van der Waals surface area contributed by atoms with Crippen LogP contribution in [0.25, 0.3) is 0 Å². The third kappa shape index (κ3) is 3.72. The molecule has 4 nitrogen and oxygen atoms in total. The van der Waals surface area contributed by atoms with Gasteiger partial charge in [0.2, 0.25) is 0 Å². The van der Waals surface area contributed by atoms with Crippen LogP contribution in [0.4, 0.5) is 13.2 Å². The Balaban J connectivity index is 2.35. The van der Waals surface area contributed by atoms with Gasteiger partial charge in [-0.05, 0) is 37.0 Å². The molecule has 0 aliphatic carbocycles. The van der Waals surface area contributed by atoms with Gasteiger partial charge in [0, 0.05) is 22.7 Å². The quantitative estimate of drug-likeness (QED) is 0.871. The minimum absolute atomic E-state index is 0.0703. The number of carbonyl (C=O) groups is 1. The van der Waals surface area contributed by atoms with Crippen LogP contribution in [0.15, 0.2) is 29.4 Å². The molecule has 1 aliphatic rings. The van der Waals surface area contributed by atoms with Crippen LogP contribution in [0.3, 0.4) is 0 Å². The summed E-state index contributed by atoms with van der Waals surface area (Å²) in [5.41, 5.74) is -3.25. The molecule has 0 saturated carbocycles. The van der Waals surface area contributed by atoms with Crippen LogP contribution in [-0.2, 0) is 0 Å². The number of hydrogen-bond donors (Lipinski definition) is 1. The lowest BCUT2D eigenvalue weighted by Gasteiger charge is -2.32. The van der Waals surface area contributed by atoms with E-state index in [4.69, 9.17) is 11.6 Å². The predicted octanol–water partition coefficient (Wildman–Crippen LogP) is 4.23. The molecule has 1 amide bonds. The maximum atomic E-state index is 13.4. The molecule has 0 saturated heterocycles. The highest BCUT2D eigenvalue weighted by molar-refractivity contribution is 6.31. The van der Waals surface area contributed by atoms with E-state index in [0.29, 0.717) is 6.42 Å². The smallest absolute Gasteiger partial charge is 0.362 e. The van der Waals surface area contributed by atoms with E-state index in [-0.39, 0.29) is 33.6 Å². The lowest BCUT2D eigenvalue weighted by Crippen LogP contribution is -2.56. The van der Waals surface area contributed by atoms with Crippen LogP contribution in [0, 0.1) is 5.92 Å². The summed E-state index contributed by atoms with van der Waals surface area (Å²) in [6.07, 6.45) is -4.86. The van der Waals surface area contributed by atoms with Gasteiger partial charge in [0.05, 0.1) is 0 Å². The van der Waals surface area contributed by atoms with Gasteiger partial charge in [0.25, 0.3) is 11.6 Å². The summed E-state index contributed by atoms with van der Waals surface area (Å²) in [4.78, 5) is 12.4. The second-order valence-electron chi connectivity index (χ2n) is 6.22. The molecular weight excluding hydrogens is 345 g/mol. The molecule has 132 valence electrons. The summed E-state index contributed by atoms with van der Waals surface area (Å²) in [5, 5.41) is 14.3. The number of carbonyl (C=O) groups excluding carboxylic acids is 1. The summed E-state index contributed by atoms with van der Waals surface area (Å²) in [6, 6.07) is 5.51. The minimum Gasteiger partial charge on any atom is -0.362 e. The molecule has 1 heterocycles. The summed E-state index contributed by atoms with van der Waals surface area (Å²) >= 11 is 5.78. The molecule has 1 atom stereocenters. The average molecular weight is 363 g/mol. The van der Waals surface area contributed by atoms with Gasteiger partial charge in [-0.1, -0.05) is 31.5 Å². The molecule has 1 aromatic carbocycles. The molecule has 0 bridgehead atoms. The first-order valence-corrected chi connectivity index (χ1v) is 7.88. The van der Waals surface area contributed by atoms with Crippen LogP contribution in [-0.4, -0.2) is 33.6 Å². The number of aliphatic hydroxyl groups is 1. The van der Waals surface area contributed by atoms with Crippen LogP contribution in [0.5, 0.6) is 0 Å². The van der Waals surface area contributed by atoms with Crippen molar-refractivity contribution in [2.75, 3.05) is 0 Å². The van der Waals surface area contributed by atoms with E-state index in [2.05, 4.69) is 5.10 Å². The average Bonchev–Trinajstić information content (AvgIpc) is 2.82. The van der Waals surface area contributed by atoms with Crippen molar-refractivity contribution in [1.82, 2.24) is 5.01 Å². The maximum Gasteiger partial charge on any atom is 0.438 e. The molecule has 1 aromatic rings. The van der Waals surface area contributed by atoms with Crippen molar-refractivity contribution >= 4 is 23.2 Å². The molecule has 1 N–H and O–H groups in total. The van der Waals surface area contributed by atoms with E-state index >= 15 is 0 Å². The zero-order valence-corrected chi connectivity index (χ0v) is 14.0. The zero-order valence-electron chi connectivity index (χ0n) is 13.3. The van der Waals surface area contributed by atoms with Crippen molar-refractivity contribution in [2.24, 2.45) is 11.0 Å². The third-order valence-electron chi connectivity index (χ3n) is 3.77. The molecule has 1 aliphatic heterocycles. The lowest BCUT2D eigenvalue weighted by atomic mass is 9.99. The molecule has 0 spiro atoms. The topological polar surface area (TPSA) is 52.9 Å². The Morgan fingerprint density at radius 1 is 1.46 bits per heavy atom. The number of nitrogens with zero attached hydrogens (tertiary/aromatic N) is 2. The largest absolute Gasteiger partial charge is 0.438 e. The van der Waals surface area contributed by atoms with E-state index in [0.717, 1.165) is 0 Å². The third-order valence-corrected chi connectivity index (χ3v) is 4.01. The van der Waals surface area contributed by atoms with E-state index in [1.807, 2.05) is 13.8 Å². The highest BCUT2D eigenvalue weighted by atomic mass is 35.5. The van der Waals surface area contributed by atoms with Crippen LogP contribution < -0.4 is 0 Å². The van der Waals surface area contributed by atoms with Gasteiger partial charge >= 0.3 is 6.18 Å². The number of halogens is 4.